The summed E-state index contributed by atoms with van der Waals surface area (Å²) in [5.74, 6) is 0.00964. The zero-order chi connectivity index (χ0) is 17.4. The molecule has 0 bridgehead atoms. The summed E-state index contributed by atoms with van der Waals surface area (Å²) in [5, 5.41) is 12.0. The van der Waals surface area contributed by atoms with Gasteiger partial charge in [0, 0.05) is 36.6 Å². The molecule has 5 nitrogen and oxygen atoms in total. The molecular weight excluding hydrogens is 314 g/mol. The molecule has 1 amide bonds. The van der Waals surface area contributed by atoms with Crippen LogP contribution >= 0.6 is 0 Å². The maximum atomic E-state index is 12.8. The largest absolute Gasteiger partial charge is 0.383 e. The number of pyridine rings is 1. The molecule has 0 radical (unpaired) electrons. The number of amides is 1. The van der Waals surface area contributed by atoms with Gasteiger partial charge in [-0.3, -0.25) is 9.78 Å². The van der Waals surface area contributed by atoms with Gasteiger partial charge in [-0.2, -0.15) is 0 Å². The zero-order valence-electron chi connectivity index (χ0n) is 14.2. The number of fused-ring (bicyclic) bond motifs is 1. The number of piperidine rings is 1. The molecule has 1 fully saturated rings. The van der Waals surface area contributed by atoms with Crippen LogP contribution < -0.4 is 0 Å². The van der Waals surface area contributed by atoms with Crippen molar-refractivity contribution in [2.75, 3.05) is 13.1 Å². The summed E-state index contributed by atoms with van der Waals surface area (Å²) in [6.07, 6.45) is 4.64. The average molecular weight is 335 g/mol. The highest BCUT2D eigenvalue weighted by Gasteiger charge is 2.36. The number of rotatable bonds is 2. The van der Waals surface area contributed by atoms with Crippen LogP contribution in [0.4, 0.5) is 0 Å². The molecule has 4 rings (SSSR count). The van der Waals surface area contributed by atoms with E-state index in [1.807, 2.05) is 54.4 Å². The van der Waals surface area contributed by atoms with Gasteiger partial charge in [-0.15, -0.1) is 0 Å². The maximum absolute atomic E-state index is 12.8. The number of aromatic amines is 1. The molecule has 1 aliphatic rings. The molecular formula is C20H21N3O2. The lowest BCUT2D eigenvalue weighted by Gasteiger charge is -2.37. The number of aromatic nitrogens is 2. The van der Waals surface area contributed by atoms with E-state index in [0.29, 0.717) is 37.2 Å². The fourth-order valence-corrected chi connectivity index (χ4v) is 3.44. The van der Waals surface area contributed by atoms with Crippen molar-refractivity contribution in [2.24, 2.45) is 0 Å². The summed E-state index contributed by atoms with van der Waals surface area (Å²) in [6, 6.07) is 11.5. The molecule has 2 N–H and O–H groups in total. The molecule has 3 heterocycles. The molecule has 25 heavy (non-hydrogen) atoms. The molecule has 3 aromatic rings. The van der Waals surface area contributed by atoms with E-state index in [1.54, 1.807) is 6.20 Å². The Kier molecular flexibility index (Phi) is 3.81. The highest BCUT2D eigenvalue weighted by Crippen LogP contribution is 2.32. The van der Waals surface area contributed by atoms with Crippen molar-refractivity contribution in [1.29, 1.82) is 0 Å². The van der Waals surface area contributed by atoms with Crippen LogP contribution in [0.3, 0.4) is 0 Å². The van der Waals surface area contributed by atoms with Crippen molar-refractivity contribution in [3.05, 3.63) is 65.6 Å². The Morgan fingerprint density at radius 3 is 2.72 bits per heavy atom. The molecule has 0 spiro atoms. The zero-order valence-corrected chi connectivity index (χ0v) is 14.2. The van der Waals surface area contributed by atoms with E-state index < -0.39 is 5.60 Å². The number of aryl methyl sites for hydroxylation is 1. The van der Waals surface area contributed by atoms with Crippen LogP contribution in [0, 0.1) is 6.92 Å². The summed E-state index contributed by atoms with van der Waals surface area (Å²) in [4.78, 5) is 22.1. The number of carbonyl (C=O) groups is 1. The predicted molar refractivity (Wildman–Crippen MR) is 96.3 cm³/mol. The van der Waals surface area contributed by atoms with Gasteiger partial charge < -0.3 is 15.0 Å². The van der Waals surface area contributed by atoms with Crippen LogP contribution in [-0.4, -0.2) is 39.0 Å². The smallest absolute Gasteiger partial charge is 0.253 e. The second-order valence-corrected chi connectivity index (χ2v) is 6.82. The molecule has 0 unspecified atom stereocenters. The lowest BCUT2D eigenvalue weighted by molar-refractivity contribution is -0.0244. The Hall–Kier alpha value is -2.66. The van der Waals surface area contributed by atoms with Gasteiger partial charge in [0.15, 0.2) is 0 Å². The molecule has 5 heteroatoms. The van der Waals surface area contributed by atoms with Gasteiger partial charge in [0.2, 0.25) is 0 Å². The number of nitrogens with one attached hydrogen (secondary N) is 1. The molecule has 1 aromatic carbocycles. The minimum Gasteiger partial charge on any atom is -0.383 e. The van der Waals surface area contributed by atoms with Gasteiger partial charge in [0.25, 0.3) is 5.91 Å². The molecule has 128 valence electrons. The molecule has 0 aliphatic carbocycles. The normalized spacial score (nSPS) is 17.0. The summed E-state index contributed by atoms with van der Waals surface area (Å²) in [5.41, 5.74) is 2.45. The third-order valence-electron chi connectivity index (χ3n) is 5.07. The number of benzene rings is 1. The molecule has 0 saturated carbocycles. The fraction of sp³-hybridized carbons (Fsp3) is 0.300. The lowest BCUT2D eigenvalue weighted by atomic mass is 9.87. The van der Waals surface area contributed by atoms with Crippen molar-refractivity contribution in [3.8, 4) is 0 Å². The van der Waals surface area contributed by atoms with E-state index in [9.17, 15) is 9.90 Å². The predicted octanol–water partition coefficient (Wildman–Crippen LogP) is 3.00. The Morgan fingerprint density at radius 2 is 2.00 bits per heavy atom. The number of hydrogen-bond donors (Lipinski definition) is 2. The topological polar surface area (TPSA) is 69.2 Å². The summed E-state index contributed by atoms with van der Waals surface area (Å²) >= 11 is 0. The first-order valence-corrected chi connectivity index (χ1v) is 8.57. The van der Waals surface area contributed by atoms with Crippen LogP contribution in [0.25, 0.3) is 10.9 Å². The number of nitrogens with zero attached hydrogens (tertiary/aromatic N) is 2. The number of likely N-dealkylation sites (tertiary alicyclic amines) is 1. The maximum Gasteiger partial charge on any atom is 0.253 e. The van der Waals surface area contributed by atoms with E-state index >= 15 is 0 Å². The van der Waals surface area contributed by atoms with Crippen LogP contribution in [0.1, 0.15) is 34.5 Å². The van der Waals surface area contributed by atoms with Crippen molar-refractivity contribution in [3.63, 3.8) is 0 Å². The Balaban J connectivity index is 1.49. The summed E-state index contributed by atoms with van der Waals surface area (Å²) in [7, 11) is 0. The van der Waals surface area contributed by atoms with Crippen LogP contribution in [0.5, 0.6) is 0 Å². The summed E-state index contributed by atoms with van der Waals surface area (Å²) in [6.45, 7) is 3.02. The number of H-pyrrole nitrogens is 1. The summed E-state index contributed by atoms with van der Waals surface area (Å²) < 4.78 is 0. The van der Waals surface area contributed by atoms with Gasteiger partial charge in [-0.25, -0.2) is 0 Å². The van der Waals surface area contributed by atoms with Crippen molar-refractivity contribution >= 4 is 16.8 Å². The van der Waals surface area contributed by atoms with E-state index in [2.05, 4.69) is 9.97 Å². The second-order valence-electron chi connectivity index (χ2n) is 6.82. The fourth-order valence-electron chi connectivity index (χ4n) is 3.44. The molecule has 1 saturated heterocycles. The lowest BCUT2D eigenvalue weighted by Crippen LogP contribution is -2.45. The first kappa shape index (κ1) is 15.8. The van der Waals surface area contributed by atoms with E-state index in [0.717, 1.165) is 16.5 Å². The van der Waals surface area contributed by atoms with Gasteiger partial charge in [-0.1, -0.05) is 12.1 Å². The molecule has 0 atom stereocenters. The highest BCUT2D eigenvalue weighted by molar-refractivity contribution is 5.98. The van der Waals surface area contributed by atoms with Crippen LogP contribution in [-0.2, 0) is 5.60 Å². The first-order chi connectivity index (χ1) is 12.0. The Bertz CT molecular complexity index is 906. The first-order valence-electron chi connectivity index (χ1n) is 8.57. The Morgan fingerprint density at radius 1 is 1.20 bits per heavy atom. The van der Waals surface area contributed by atoms with Gasteiger partial charge in [-0.05, 0) is 55.0 Å². The molecule has 2 aromatic heterocycles. The molecule has 1 aliphatic heterocycles. The van der Waals surface area contributed by atoms with Crippen LogP contribution in [0.15, 0.2) is 48.8 Å². The van der Waals surface area contributed by atoms with Crippen molar-refractivity contribution in [1.82, 2.24) is 14.9 Å². The average Bonchev–Trinajstić information content (AvgIpc) is 3.10. The van der Waals surface area contributed by atoms with E-state index in [-0.39, 0.29) is 5.91 Å². The van der Waals surface area contributed by atoms with Crippen molar-refractivity contribution < 1.29 is 9.90 Å². The minimum atomic E-state index is -0.951. The van der Waals surface area contributed by atoms with Crippen molar-refractivity contribution in [2.45, 2.75) is 25.4 Å². The second kappa shape index (κ2) is 6.01. The standard InChI is InChI=1S/C20H21N3O2/c1-14-2-5-18(22-13-14)20(25)7-10-23(11-8-20)19(24)16-4-3-15-6-9-21-17(15)12-16/h2-6,9,12-13,21,25H,7-8,10-11H2,1H3. The van der Waals surface area contributed by atoms with Gasteiger partial charge >= 0.3 is 0 Å². The van der Waals surface area contributed by atoms with Gasteiger partial charge in [0.1, 0.15) is 5.60 Å². The monoisotopic (exact) mass is 335 g/mol. The minimum absolute atomic E-state index is 0.00964. The third kappa shape index (κ3) is 2.91. The van der Waals surface area contributed by atoms with E-state index in [1.165, 1.54) is 0 Å². The Labute approximate surface area is 146 Å². The van der Waals surface area contributed by atoms with E-state index in [4.69, 9.17) is 0 Å². The number of carbonyl (C=O) groups excluding carboxylic acids is 1. The SMILES string of the molecule is Cc1ccc(C2(O)CCN(C(=O)c3ccc4cc[nH]c4c3)CC2)nc1. The number of aliphatic hydroxyl groups is 1. The van der Waals surface area contributed by atoms with Gasteiger partial charge in [0.05, 0.1) is 5.69 Å². The quantitative estimate of drug-likeness (QED) is 0.756. The number of hydrogen-bond acceptors (Lipinski definition) is 3. The third-order valence-corrected chi connectivity index (χ3v) is 5.07. The highest BCUT2D eigenvalue weighted by atomic mass is 16.3. The van der Waals surface area contributed by atoms with Crippen LogP contribution in [0.2, 0.25) is 0 Å².